The van der Waals surface area contributed by atoms with Gasteiger partial charge in [0.15, 0.2) is 5.13 Å². The summed E-state index contributed by atoms with van der Waals surface area (Å²) in [6, 6.07) is 9.42. The third-order valence-corrected chi connectivity index (χ3v) is 5.80. The Balaban J connectivity index is 1.67. The highest BCUT2D eigenvalue weighted by atomic mass is 32.2. The Morgan fingerprint density at radius 1 is 1.29 bits per heavy atom. The van der Waals surface area contributed by atoms with Gasteiger partial charge in [0.25, 0.3) is 5.69 Å². The van der Waals surface area contributed by atoms with E-state index in [1.807, 2.05) is 18.2 Å². The van der Waals surface area contributed by atoms with E-state index in [1.165, 1.54) is 18.4 Å². The number of ether oxygens (including phenoxy) is 1. The van der Waals surface area contributed by atoms with Crippen LogP contribution in [0.25, 0.3) is 11.3 Å². The zero-order chi connectivity index (χ0) is 22.6. The first-order valence-corrected chi connectivity index (χ1v) is 10.4. The van der Waals surface area contributed by atoms with Crippen molar-refractivity contribution in [2.75, 3.05) is 18.2 Å². The molecule has 0 atom stereocenters. The number of hydrogen-bond donors (Lipinski definition) is 1. The number of rotatable bonds is 7. The van der Waals surface area contributed by atoms with Gasteiger partial charge in [-0.1, -0.05) is 12.1 Å². The Bertz CT molecular complexity index is 1120. The smallest absolute Gasteiger partial charge is 0.416 e. The van der Waals surface area contributed by atoms with Crippen LogP contribution in [0.4, 0.5) is 24.0 Å². The van der Waals surface area contributed by atoms with E-state index < -0.39 is 28.3 Å². The molecule has 0 spiro atoms. The molecule has 0 saturated heterocycles. The van der Waals surface area contributed by atoms with E-state index in [0.717, 1.165) is 29.5 Å². The maximum atomic E-state index is 12.8. The van der Waals surface area contributed by atoms with Crippen molar-refractivity contribution in [2.45, 2.75) is 11.1 Å². The highest BCUT2D eigenvalue weighted by molar-refractivity contribution is 8.00. The molecule has 31 heavy (non-hydrogen) atoms. The van der Waals surface area contributed by atoms with Gasteiger partial charge in [-0.05, 0) is 24.3 Å². The summed E-state index contributed by atoms with van der Waals surface area (Å²) in [5.74, 6) is -0.119. The molecule has 0 aliphatic rings. The molecule has 12 heteroatoms. The minimum Gasteiger partial charge on any atom is -0.496 e. The van der Waals surface area contributed by atoms with Gasteiger partial charge in [0.2, 0.25) is 5.91 Å². The summed E-state index contributed by atoms with van der Waals surface area (Å²) in [5.41, 5.74) is -0.486. The predicted octanol–water partition coefficient (Wildman–Crippen LogP) is 5.48. The Kier molecular flexibility index (Phi) is 6.81. The molecule has 0 aliphatic heterocycles. The van der Waals surface area contributed by atoms with E-state index in [1.54, 1.807) is 11.4 Å². The van der Waals surface area contributed by atoms with Gasteiger partial charge in [-0.3, -0.25) is 14.9 Å². The second-order valence-electron chi connectivity index (χ2n) is 6.01. The lowest BCUT2D eigenvalue weighted by atomic mass is 10.1. The molecule has 0 unspecified atom stereocenters. The normalized spacial score (nSPS) is 11.2. The lowest BCUT2D eigenvalue weighted by Crippen LogP contribution is -2.14. The number of amides is 1. The van der Waals surface area contributed by atoms with Crippen molar-refractivity contribution < 1.29 is 27.6 Å². The van der Waals surface area contributed by atoms with Crippen LogP contribution in [0.3, 0.4) is 0 Å². The maximum Gasteiger partial charge on any atom is 0.416 e. The Morgan fingerprint density at radius 3 is 2.71 bits per heavy atom. The summed E-state index contributed by atoms with van der Waals surface area (Å²) in [7, 11) is 1.53. The number of carbonyl (C=O) groups is 1. The number of nitrogens with zero attached hydrogens (tertiary/aromatic N) is 2. The van der Waals surface area contributed by atoms with Crippen LogP contribution in [0, 0.1) is 10.1 Å². The largest absolute Gasteiger partial charge is 0.496 e. The number of para-hydroxylation sites is 1. The Hall–Kier alpha value is -3.12. The molecule has 2 aromatic carbocycles. The van der Waals surface area contributed by atoms with Gasteiger partial charge in [0.1, 0.15) is 5.75 Å². The van der Waals surface area contributed by atoms with Crippen LogP contribution in [0.5, 0.6) is 5.75 Å². The van der Waals surface area contributed by atoms with Crippen molar-refractivity contribution in [3.05, 3.63) is 63.5 Å². The fourth-order valence-electron chi connectivity index (χ4n) is 2.57. The molecule has 0 radical (unpaired) electrons. The van der Waals surface area contributed by atoms with E-state index in [0.29, 0.717) is 22.6 Å². The number of nitrogens with one attached hydrogen (secondary N) is 1. The number of hydrogen-bond acceptors (Lipinski definition) is 7. The molecule has 3 aromatic rings. The van der Waals surface area contributed by atoms with Gasteiger partial charge in [-0.25, -0.2) is 4.98 Å². The quantitative estimate of drug-likeness (QED) is 0.280. The summed E-state index contributed by atoms with van der Waals surface area (Å²) >= 11 is 1.95. The molecule has 1 aromatic heterocycles. The number of alkyl halides is 3. The SMILES string of the molecule is COc1ccccc1-c1csc(NC(=O)CSc2ccc(C(F)(F)F)cc2[N+](=O)[O-])n1. The number of carbonyl (C=O) groups excluding carboxylic acids is 1. The molecule has 1 N–H and O–H groups in total. The van der Waals surface area contributed by atoms with Crippen LogP contribution in [0.1, 0.15) is 5.56 Å². The summed E-state index contributed by atoms with van der Waals surface area (Å²) in [4.78, 5) is 26.7. The molecule has 162 valence electrons. The van der Waals surface area contributed by atoms with Crippen LogP contribution in [0.2, 0.25) is 0 Å². The monoisotopic (exact) mass is 469 g/mol. The van der Waals surface area contributed by atoms with Gasteiger partial charge in [-0.15, -0.1) is 23.1 Å². The van der Waals surface area contributed by atoms with E-state index in [2.05, 4.69) is 10.3 Å². The number of thioether (sulfide) groups is 1. The first kappa shape index (κ1) is 22.6. The average Bonchev–Trinajstić information content (AvgIpc) is 3.19. The van der Waals surface area contributed by atoms with Crippen LogP contribution in [-0.2, 0) is 11.0 Å². The number of anilines is 1. The van der Waals surface area contributed by atoms with Gasteiger partial charge in [-0.2, -0.15) is 13.2 Å². The number of methoxy groups -OCH3 is 1. The predicted molar refractivity (Wildman–Crippen MR) is 112 cm³/mol. The Labute approximate surface area is 182 Å². The van der Waals surface area contributed by atoms with Crippen LogP contribution >= 0.6 is 23.1 Å². The number of nitro groups is 1. The third-order valence-electron chi connectivity index (χ3n) is 3.98. The van der Waals surface area contributed by atoms with Crippen LogP contribution in [-0.4, -0.2) is 28.7 Å². The molecule has 0 aliphatic carbocycles. The second-order valence-corrected chi connectivity index (χ2v) is 7.89. The van der Waals surface area contributed by atoms with Crippen LogP contribution < -0.4 is 10.1 Å². The van der Waals surface area contributed by atoms with Gasteiger partial charge in [0.05, 0.1) is 33.9 Å². The second kappa shape index (κ2) is 9.35. The van der Waals surface area contributed by atoms with Gasteiger partial charge < -0.3 is 10.1 Å². The highest BCUT2D eigenvalue weighted by Gasteiger charge is 2.33. The van der Waals surface area contributed by atoms with Crippen molar-refractivity contribution in [1.29, 1.82) is 0 Å². The van der Waals surface area contributed by atoms with Crippen molar-refractivity contribution in [2.24, 2.45) is 0 Å². The maximum absolute atomic E-state index is 12.8. The first-order chi connectivity index (χ1) is 14.7. The molecule has 7 nitrogen and oxygen atoms in total. The number of halogens is 3. The molecule has 3 rings (SSSR count). The highest BCUT2D eigenvalue weighted by Crippen LogP contribution is 2.37. The molecule has 1 heterocycles. The Morgan fingerprint density at radius 2 is 2.03 bits per heavy atom. The first-order valence-electron chi connectivity index (χ1n) is 8.56. The third kappa shape index (κ3) is 5.52. The van der Waals surface area contributed by atoms with Crippen molar-refractivity contribution in [1.82, 2.24) is 4.98 Å². The molecule has 0 fully saturated rings. The zero-order valence-electron chi connectivity index (χ0n) is 15.8. The number of benzene rings is 2. The van der Waals surface area contributed by atoms with E-state index in [-0.39, 0.29) is 10.6 Å². The van der Waals surface area contributed by atoms with Gasteiger partial charge in [0, 0.05) is 17.0 Å². The van der Waals surface area contributed by atoms with E-state index >= 15 is 0 Å². The summed E-state index contributed by atoms with van der Waals surface area (Å²) in [6.07, 6.45) is -4.70. The van der Waals surface area contributed by atoms with Gasteiger partial charge >= 0.3 is 6.18 Å². The number of aromatic nitrogens is 1. The fraction of sp³-hybridized carbons (Fsp3) is 0.158. The summed E-state index contributed by atoms with van der Waals surface area (Å²) in [6.45, 7) is 0. The molecular weight excluding hydrogens is 455 g/mol. The lowest BCUT2D eigenvalue weighted by Gasteiger charge is -2.08. The van der Waals surface area contributed by atoms with Crippen molar-refractivity contribution in [3.63, 3.8) is 0 Å². The van der Waals surface area contributed by atoms with Crippen molar-refractivity contribution >= 4 is 39.8 Å². The van der Waals surface area contributed by atoms with Crippen LogP contribution in [0.15, 0.2) is 52.7 Å². The van der Waals surface area contributed by atoms with E-state index in [9.17, 15) is 28.1 Å². The molecule has 0 bridgehead atoms. The summed E-state index contributed by atoms with van der Waals surface area (Å²) < 4.78 is 43.6. The number of thiazole rings is 1. The molecular formula is C19H14F3N3O4S2. The topological polar surface area (TPSA) is 94.4 Å². The summed E-state index contributed by atoms with van der Waals surface area (Å²) in [5, 5.41) is 15.8. The lowest BCUT2D eigenvalue weighted by molar-refractivity contribution is -0.388. The number of nitro benzene ring substituents is 1. The molecule has 0 saturated carbocycles. The van der Waals surface area contributed by atoms with Crippen molar-refractivity contribution in [3.8, 4) is 17.0 Å². The standard InChI is InChI=1S/C19H14F3N3O4S2/c1-29-15-5-3-2-4-12(15)13-9-31-18(23-13)24-17(26)10-30-16-7-6-11(19(20,21)22)8-14(16)25(27)28/h2-9H,10H2,1H3,(H,23,24,26). The minimum absolute atomic E-state index is 0.0398. The minimum atomic E-state index is -4.70. The zero-order valence-corrected chi connectivity index (χ0v) is 17.4. The van der Waals surface area contributed by atoms with E-state index in [4.69, 9.17) is 4.74 Å². The average molecular weight is 469 g/mol. The fourth-order valence-corrected chi connectivity index (χ4v) is 4.10. The molecule has 1 amide bonds.